The summed E-state index contributed by atoms with van der Waals surface area (Å²) < 4.78 is 10.5. The highest BCUT2D eigenvalue weighted by molar-refractivity contribution is 14.1. The third kappa shape index (κ3) is 8.24. The van der Waals surface area contributed by atoms with Crippen molar-refractivity contribution in [1.29, 1.82) is 0 Å². The van der Waals surface area contributed by atoms with Crippen LogP contribution in [-0.2, 0) is 29.2 Å². The summed E-state index contributed by atoms with van der Waals surface area (Å²) in [6.07, 6.45) is 1.39. The third-order valence-electron chi connectivity index (χ3n) is 4.08. The summed E-state index contributed by atoms with van der Waals surface area (Å²) in [6.45, 7) is 10.1. The lowest BCUT2D eigenvalue weighted by Crippen LogP contribution is -2.36. The zero-order valence-corrected chi connectivity index (χ0v) is 23.4. The van der Waals surface area contributed by atoms with Crippen LogP contribution in [0.4, 0.5) is 4.79 Å². The van der Waals surface area contributed by atoms with Crippen molar-refractivity contribution < 1.29 is 14.3 Å². The molecular weight excluding hydrogens is 673 g/mol. The predicted molar refractivity (Wildman–Crippen MR) is 135 cm³/mol. The van der Waals surface area contributed by atoms with Crippen molar-refractivity contribution in [3.63, 3.8) is 0 Å². The monoisotopic (exact) mass is 696 g/mol. The van der Waals surface area contributed by atoms with Crippen LogP contribution >= 0.6 is 68.4 Å². The van der Waals surface area contributed by atoms with Crippen LogP contribution in [0.15, 0.2) is 6.20 Å². The molecule has 0 saturated heterocycles. The van der Waals surface area contributed by atoms with Crippen molar-refractivity contribution in [3.05, 3.63) is 29.9 Å². The van der Waals surface area contributed by atoms with Crippen molar-refractivity contribution >= 4 is 80.4 Å². The summed E-state index contributed by atoms with van der Waals surface area (Å²) in [7, 11) is 0. The van der Waals surface area contributed by atoms with E-state index < -0.39 is 11.7 Å². The van der Waals surface area contributed by atoms with Crippen LogP contribution in [0.3, 0.4) is 0 Å². The van der Waals surface area contributed by atoms with Crippen LogP contribution in [0, 0.1) is 7.40 Å². The Hall–Kier alpha value is -0.800. The van der Waals surface area contributed by atoms with E-state index in [2.05, 4.69) is 60.5 Å². The molecule has 0 aromatic carbocycles. The van der Waals surface area contributed by atoms with E-state index in [4.69, 9.17) is 27.9 Å². The molecule has 1 N–H and O–H groups in total. The molecule has 9 nitrogen and oxygen atoms in total. The standard InChI is InChI=1S/C10H15ClIN3O2.C8H9ClIN3O/c1-10(2,3)17-9(16)13-4-5-15-6-7(12)14-8(15)11;1-5(14)12-2-3-13-6(4-12)7(10)11-8(13)9/h6H,4-5H2,1-3H3,(H,13,16);2-4H2,1H3. The maximum absolute atomic E-state index is 11.3. The Morgan fingerprint density at radius 2 is 1.87 bits per heavy atom. The number of ether oxygens (including phenoxy) is 1. The van der Waals surface area contributed by atoms with E-state index in [-0.39, 0.29) is 5.91 Å². The number of hydrogen-bond donors (Lipinski definition) is 1. The van der Waals surface area contributed by atoms with Gasteiger partial charge in [0.1, 0.15) is 13.0 Å². The van der Waals surface area contributed by atoms with Gasteiger partial charge < -0.3 is 24.1 Å². The highest BCUT2D eigenvalue weighted by Gasteiger charge is 2.23. The second kappa shape index (κ2) is 11.4. The number of fused-ring (bicyclic) bond motifs is 1. The Balaban J connectivity index is 0.000000224. The molecule has 1 aliphatic heterocycles. The molecule has 3 heterocycles. The van der Waals surface area contributed by atoms with E-state index in [9.17, 15) is 9.59 Å². The van der Waals surface area contributed by atoms with Gasteiger partial charge in [-0.25, -0.2) is 14.8 Å². The molecule has 2 aromatic rings. The Morgan fingerprint density at radius 3 is 2.42 bits per heavy atom. The molecule has 31 heavy (non-hydrogen) atoms. The first-order valence-corrected chi connectivity index (χ1v) is 12.3. The average Bonchev–Trinajstić information content (AvgIpc) is 3.11. The van der Waals surface area contributed by atoms with Gasteiger partial charge in [-0.3, -0.25) is 4.79 Å². The highest BCUT2D eigenvalue weighted by atomic mass is 127. The first kappa shape index (κ1) is 26.5. The molecule has 1 aliphatic rings. The maximum Gasteiger partial charge on any atom is 0.407 e. The lowest BCUT2D eigenvalue weighted by molar-refractivity contribution is -0.130. The summed E-state index contributed by atoms with van der Waals surface area (Å²) in [5.41, 5.74) is 0.559. The number of nitrogens with zero attached hydrogens (tertiary/aromatic N) is 5. The minimum absolute atomic E-state index is 0.101. The van der Waals surface area contributed by atoms with Crippen molar-refractivity contribution in [2.45, 2.75) is 52.9 Å². The molecule has 3 rings (SSSR count). The van der Waals surface area contributed by atoms with Gasteiger partial charge >= 0.3 is 6.09 Å². The molecule has 172 valence electrons. The second-order valence-electron chi connectivity index (χ2n) is 7.67. The summed E-state index contributed by atoms with van der Waals surface area (Å²) in [4.78, 5) is 32.5. The molecule has 2 aromatic heterocycles. The summed E-state index contributed by atoms with van der Waals surface area (Å²) in [5, 5.41) is 3.59. The highest BCUT2D eigenvalue weighted by Crippen LogP contribution is 2.23. The zero-order chi connectivity index (χ0) is 23.3. The van der Waals surface area contributed by atoms with Crippen LogP contribution in [0.1, 0.15) is 33.4 Å². The molecule has 2 amide bonds. The van der Waals surface area contributed by atoms with Gasteiger partial charge in [-0.2, -0.15) is 0 Å². The minimum atomic E-state index is -0.480. The molecule has 0 aliphatic carbocycles. The number of amides is 2. The fourth-order valence-electron chi connectivity index (χ4n) is 2.67. The molecule has 0 radical (unpaired) electrons. The van der Waals surface area contributed by atoms with Crippen LogP contribution in [-0.4, -0.2) is 54.7 Å². The Morgan fingerprint density at radius 1 is 1.19 bits per heavy atom. The normalized spacial score (nSPS) is 13.2. The molecule has 0 spiro atoms. The van der Waals surface area contributed by atoms with Crippen molar-refractivity contribution in [2.24, 2.45) is 0 Å². The van der Waals surface area contributed by atoms with E-state index >= 15 is 0 Å². The van der Waals surface area contributed by atoms with E-state index in [1.165, 1.54) is 0 Å². The Kier molecular flexibility index (Phi) is 9.70. The summed E-state index contributed by atoms with van der Waals surface area (Å²) in [5.74, 6) is 0.101. The molecule has 0 bridgehead atoms. The SMILES string of the molecule is CC(=O)N1CCn2c(Cl)nc(I)c2C1.CC(C)(C)OC(=O)NCCn1cc(I)nc1Cl. The van der Waals surface area contributed by atoms with Gasteiger partial charge in [-0.05, 0) is 89.2 Å². The lowest BCUT2D eigenvalue weighted by Gasteiger charge is -2.27. The molecule has 0 atom stereocenters. The van der Waals surface area contributed by atoms with Gasteiger partial charge in [-0.15, -0.1) is 0 Å². The van der Waals surface area contributed by atoms with Gasteiger partial charge in [0.15, 0.2) is 0 Å². The first-order valence-electron chi connectivity index (χ1n) is 9.38. The quantitative estimate of drug-likeness (QED) is 0.487. The zero-order valence-electron chi connectivity index (χ0n) is 17.6. The third-order valence-corrected chi connectivity index (χ3v) is 6.05. The molecule has 0 unspecified atom stereocenters. The van der Waals surface area contributed by atoms with Crippen molar-refractivity contribution in [1.82, 2.24) is 29.3 Å². The van der Waals surface area contributed by atoms with E-state index in [0.29, 0.717) is 36.7 Å². The van der Waals surface area contributed by atoms with Gasteiger partial charge in [-0.1, -0.05) is 0 Å². The first-order chi connectivity index (χ1) is 14.4. The van der Waals surface area contributed by atoms with Crippen LogP contribution < -0.4 is 5.32 Å². The number of rotatable bonds is 3. The van der Waals surface area contributed by atoms with Crippen molar-refractivity contribution in [3.8, 4) is 0 Å². The number of hydrogen-bond acceptors (Lipinski definition) is 5. The number of imidazole rings is 2. The van der Waals surface area contributed by atoms with E-state index in [1.807, 2.05) is 31.5 Å². The van der Waals surface area contributed by atoms with Crippen LogP contribution in [0.2, 0.25) is 10.6 Å². The van der Waals surface area contributed by atoms with Gasteiger partial charge in [0.2, 0.25) is 16.5 Å². The Bertz CT molecular complexity index is 942. The largest absolute Gasteiger partial charge is 0.444 e. The number of carbonyl (C=O) groups excluding carboxylic acids is 2. The average molecular weight is 697 g/mol. The minimum Gasteiger partial charge on any atom is -0.444 e. The van der Waals surface area contributed by atoms with Crippen molar-refractivity contribution in [2.75, 3.05) is 13.1 Å². The fraction of sp³-hybridized carbons (Fsp3) is 0.556. The van der Waals surface area contributed by atoms with Gasteiger partial charge in [0.05, 0.1) is 12.2 Å². The molecular formula is C18H24Cl2I2N6O3. The number of aromatic nitrogens is 4. The number of halogens is 4. The number of alkyl carbamates (subject to hydrolysis) is 1. The maximum atomic E-state index is 11.3. The lowest BCUT2D eigenvalue weighted by atomic mass is 10.2. The molecule has 13 heteroatoms. The fourth-order valence-corrected chi connectivity index (χ4v) is 4.70. The number of carbonyl (C=O) groups is 2. The van der Waals surface area contributed by atoms with Gasteiger partial charge in [0.25, 0.3) is 0 Å². The Labute approximate surface area is 218 Å². The van der Waals surface area contributed by atoms with E-state index in [0.717, 1.165) is 19.6 Å². The van der Waals surface area contributed by atoms with Crippen LogP contribution in [0.5, 0.6) is 0 Å². The number of nitrogens with one attached hydrogen (secondary N) is 1. The topological polar surface area (TPSA) is 94.3 Å². The summed E-state index contributed by atoms with van der Waals surface area (Å²) >= 11 is 16.0. The second-order valence-corrected chi connectivity index (χ2v) is 10.5. The molecule has 0 saturated carbocycles. The van der Waals surface area contributed by atoms with E-state index in [1.54, 1.807) is 16.4 Å². The van der Waals surface area contributed by atoms with Gasteiger partial charge in [0, 0.05) is 39.3 Å². The van der Waals surface area contributed by atoms with Crippen LogP contribution in [0.25, 0.3) is 0 Å². The molecule has 0 fully saturated rings. The summed E-state index contributed by atoms with van der Waals surface area (Å²) in [6, 6.07) is 0. The predicted octanol–water partition coefficient (Wildman–Crippen LogP) is 4.17. The smallest absolute Gasteiger partial charge is 0.407 e.